The Morgan fingerprint density at radius 1 is 1.00 bits per heavy atom. The highest BCUT2D eigenvalue weighted by Crippen LogP contribution is 2.23. The summed E-state index contributed by atoms with van der Waals surface area (Å²) in [5.74, 6) is 0.713. The Bertz CT molecular complexity index is 1020. The number of methoxy groups -OCH3 is 1. The molecule has 1 aromatic heterocycles. The van der Waals surface area contributed by atoms with Gasteiger partial charge in [0.05, 0.1) is 19.3 Å². The van der Waals surface area contributed by atoms with Gasteiger partial charge in [-0.1, -0.05) is 36.4 Å². The van der Waals surface area contributed by atoms with Gasteiger partial charge in [0.1, 0.15) is 11.6 Å². The first-order chi connectivity index (χ1) is 15.6. The topological polar surface area (TPSA) is 36.0 Å². The normalized spacial score (nSPS) is 14.1. The summed E-state index contributed by atoms with van der Waals surface area (Å²) < 4.78 is 19.6. The number of anilines is 1. The standard InChI is InChI=1S/C25H28FN3O2S/c1-31-24-11-5-2-7-20(24)17-27(18-21-8-6-16-32-21)19-25(30)29-14-12-28(13-15-29)23-10-4-3-9-22(23)26/h2-11,16H,12-15,17-19H2,1H3. The van der Waals surface area contributed by atoms with Crippen molar-refractivity contribution < 1.29 is 13.9 Å². The van der Waals surface area contributed by atoms with Gasteiger partial charge in [0.2, 0.25) is 5.91 Å². The monoisotopic (exact) mass is 453 g/mol. The van der Waals surface area contributed by atoms with E-state index in [9.17, 15) is 9.18 Å². The van der Waals surface area contributed by atoms with E-state index in [1.54, 1.807) is 30.6 Å². The van der Waals surface area contributed by atoms with Crippen LogP contribution in [0.5, 0.6) is 5.75 Å². The van der Waals surface area contributed by atoms with E-state index in [2.05, 4.69) is 16.3 Å². The van der Waals surface area contributed by atoms with Crippen molar-refractivity contribution in [2.45, 2.75) is 13.1 Å². The predicted molar refractivity (Wildman–Crippen MR) is 127 cm³/mol. The molecule has 0 atom stereocenters. The first-order valence-corrected chi connectivity index (χ1v) is 11.7. The zero-order valence-electron chi connectivity index (χ0n) is 18.2. The van der Waals surface area contributed by atoms with Crippen LogP contribution >= 0.6 is 11.3 Å². The third-order valence-corrected chi connectivity index (χ3v) is 6.59. The van der Waals surface area contributed by atoms with Crippen LogP contribution in [0, 0.1) is 5.82 Å². The van der Waals surface area contributed by atoms with E-state index >= 15 is 0 Å². The second-order valence-electron chi connectivity index (χ2n) is 7.86. The molecule has 0 spiro atoms. The molecule has 4 rings (SSSR count). The zero-order valence-corrected chi connectivity index (χ0v) is 19.1. The Labute approximate surface area is 192 Å². The molecule has 2 aromatic carbocycles. The van der Waals surface area contributed by atoms with Crippen molar-refractivity contribution in [2.24, 2.45) is 0 Å². The number of amides is 1. The molecule has 168 valence electrons. The Morgan fingerprint density at radius 3 is 2.47 bits per heavy atom. The highest BCUT2D eigenvalue weighted by Gasteiger charge is 2.24. The number of thiophene rings is 1. The van der Waals surface area contributed by atoms with Crippen molar-refractivity contribution in [1.82, 2.24) is 9.80 Å². The van der Waals surface area contributed by atoms with Crippen LogP contribution in [0.25, 0.3) is 0 Å². The first kappa shape index (κ1) is 22.3. The fourth-order valence-corrected chi connectivity index (χ4v) is 4.81. The molecule has 1 amide bonds. The number of rotatable bonds is 8. The summed E-state index contributed by atoms with van der Waals surface area (Å²) in [6, 6.07) is 18.9. The fraction of sp³-hybridized carbons (Fsp3) is 0.320. The van der Waals surface area contributed by atoms with Crippen LogP contribution < -0.4 is 9.64 Å². The lowest BCUT2D eigenvalue weighted by Gasteiger charge is -2.37. The molecule has 0 saturated carbocycles. The van der Waals surface area contributed by atoms with Gasteiger partial charge in [-0.05, 0) is 29.6 Å². The minimum atomic E-state index is -0.216. The lowest BCUT2D eigenvalue weighted by molar-refractivity contribution is -0.133. The van der Waals surface area contributed by atoms with Crippen LogP contribution in [-0.2, 0) is 17.9 Å². The molecule has 7 heteroatoms. The van der Waals surface area contributed by atoms with Gasteiger partial charge in [0.15, 0.2) is 0 Å². The van der Waals surface area contributed by atoms with E-state index in [0.29, 0.717) is 51.5 Å². The SMILES string of the molecule is COc1ccccc1CN(CC(=O)N1CCN(c2ccccc2F)CC1)Cc1cccs1. The van der Waals surface area contributed by atoms with Crippen LogP contribution in [0.1, 0.15) is 10.4 Å². The Kier molecular flexibility index (Phi) is 7.39. The summed E-state index contributed by atoms with van der Waals surface area (Å²) in [5.41, 5.74) is 1.67. The maximum Gasteiger partial charge on any atom is 0.236 e. The van der Waals surface area contributed by atoms with E-state index in [1.807, 2.05) is 46.2 Å². The minimum Gasteiger partial charge on any atom is -0.496 e. The van der Waals surface area contributed by atoms with Crippen molar-refractivity contribution in [3.8, 4) is 5.75 Å². The molecule has 0 bridgehead atoms. The number of ether oxygens (including phenoxy) is 1. The highest BCUT2D eigenvalue weighted by atomic mass is 32.1. The molecule has 0 unspecified atom stereocenters. The van der Waals surface area contributed by atoms with E-state index in [1.165, 1.54) is 10.9 Å². The molecule has 5 nitrogen and oxygen atoms in total. The first-order valence-electron chi connectivity index (χ1n) is 10.8. The van der Waals surface area contributed by atoms with Gasteiger partial charge in [-0.2, -0.15) is 0 Å². The Hall–Kier alpha value is -2.90. The molecule has 1 aliphatic rings. The average molecular weight is 454 g/mol. The van der Waals surface area contributed by atoms with Gasteiger partial charge in [-0.15, -0.1) is 11.3 Å². The van der Waals surface area contributed by atoms with Crippen molar-refractivity contribution in [3.63, 3.8) is 0 Å². The van der Waals surface area contributed by atoms with Crippen molar-refractivity contribution in [1.29, 1.82) is 0 Å². The molecular formula is C25H28FN3O2S. The quantitative estimate of drug-likeness (QED) is 0.511. The third kappa shape index (κ3) is 5.47. The van der Waals surface area contributed by atoms with E-state index in [4.69, 9.17) is 4.74 Å². The number of carbonyl (C=O) groups is 1. The highest BCUT2D eigenvalue weighted by molar-refractivity contribution is 7.09. The summed E-state index contributed by atoms with van der Waals surface area (Å²) in [7, 11) is 1.67. The molecule has 0 aliphatic carbocycles. The number of halogens is 1. The van der Waals surface area contributed by atoms with Crippen LogP contribution in [0.2, 0.25) is 0 Å². The third-order valence-electron chi connectivity index (χ3n) is 5.73. The molecule has 1 fully saturated rings. The molecule has 32 heavy (non-hydrogen) atoms. The van der Waals surface area contributed by atoms with Gasteiger partial charge in [-0.25, -0.2) is 4.39 Å². The number of nitrogens with zero attached hydrogens (tertiary/aromatic N) is 3. The van der Waals surface area contributed by atoms with Gasteiger partial charge >= 0.3 is 0 Å². The molecule has 0 N–H and O–H groups in total. The summed E-state index contributed by atoms with van der Waals surface area (Å²) in [6.07, 6.45) is 0. The Balaban J connectivity index is 1.40. The lowest BCUT2D eigenvalue weighted by Crippen LogP contribution is -2.51. The summed E-state index contributed by atoms with van der Waals surface area (Å²) in [5, 5.41) is 2.06. The predicted octanol–water partition coefficient (Wildman–Crippen LogP) is 4.25. The second-order valence-corrected chi connectivity index (χ2v) is 8.89. The second kappa shape index (κ2) is 10.6. The maximum atomic E-state index is 14.1. The smallest absolute Gasteiger partial charge is 0.236 e. The summed E-state index contributed by atoms with van der Waals surface area (Å²) >= 11 is 1.69. The van der Waals surface area contributed by atoms with Gasteiger partial charge < -0.3 is 14.5 Å². The number of hydrogen-bond acceptors (Lipinski definition) is 5. The van der Waals surface area contributed by atoms with Gasteiger partial charge in [0.25, 0.3) is 0 Å². The zero-order chi connectivity index (χ0) is 22.3. The molecular weight excluding hydrogens is 425 g/mol. The van der Waals surface area contributed by atoms with Crippen molar-refractivity contribution in [3.05, 3.63) is 82.3 Å². The van der Waals surface area contributed by atoms with Crippen LogP contribution in [0.4, 0.5) is 10.1 Å². The van der Waals surface area contributed by atoms with Crippen LogP contribution in [-0.4, -0.2) is 55.5 Å². The number of carbonyl (C=O) groups excluding carboxylic acids is 1. The van der Waals surface area contributed by atoms with Crippen molar-refractivity contribution >= 4 is 22.9 Å². The summed E-state index contributed by atoms with van der Waals surface area (Å²) in [4.78, 5) is 20.4. The minimum absolute atomic E-state index is 0.102. The number of para-hydroxylation sites is 2. The van der Waals surface area contributed by atoms with E-state index < -0.39 is 0 Å². The van der Waals surface area contributed by atoms with E-state index in [-0.39, 0.29) is 11.7 Å². The number of benzene rings is 2. The van der Waals surface area contributed by atoms with E-state index in [0.717, 1.165) is 11.3 Å². The lowest BCUT2D eigenvalue weighted by atomic mass is 10.1. The van der Waals surface area contributed by atoms with Crippen LogP contribution in [0.3, 0.4) is 0 Å². The number of piperazine rings is 1. The molecule has 1 saturated heterocycles. The molecule has 2 heterocycles. The Morgan fingerprint density at radius 2 is 1.75 bits per heavy atom. The summed E-state index contributed by atoms with van der Waals surface area (Å²) in [6.45, 7) is 4.10. The number of hydrogen-bond donors (Lipinski definition) is 0. The molecule has 0 radical (unpaired) electrons. The fourth-order valence-electron chi connectivity index (χ4n) is 4.06. The van der Waals surface area contributed by atoms with Crippen molar-refractivity contribution in [2.75, 3.05) is 44.7 Å². The van der Waals surface area contributed by atoms with Gasteiger partial charge in [0, 0.05) is 49.7 Å². The van der Waals surface area contributed by atoms with Crippen LogP contribution in [0.15, 0.2) is 66.0 Å². The van der Waals surface area contributed by atoms with Gasteiger partial charge in [-0.3, -0.25) is 9.69 Å². The average Bonchev–Trinajstić information content (AvgIpc) is 3.33. The molecule has 3 aromatic rings. The molecule has 1 aliphatic heterocycles. The maximum absolute atomic E-state index is 14.1. The largest absolute Gasteiger partial charge is 0.496 e.